The van der Waals surface area contributed by atoms with Crippen LogP contribution in [0.3, 0.4) is 0 Å². The van der Waals surface area contributed by atoms with Gasteiger partial charge in [0, 0.05) is 17.5 Å². The van der Waals surface area contributed by atoms with Gasteiger partial charge in [-0.15, -0.1) is 0 Å². The van der Waals surface area contributed by atoms with E-state index in [0.717, 1.165) is 23.5 Å². The summed E-state index contributed by atoms with van der Waals surface area (Å²) < 4.78 is 5.91. The number of nitriles is 1. The van der Waals surface area contributed by atoms with E-state index in [4.69, 9.17) is 4.74 Å². The van der Waals surface area contributed by atoms with Gasteiger partial charge in [-0.3, -0.25) is 9.97 Å². The number of hydrogen-bond acceptors (Lipinski definition) is 4. The van der Waals surface area contributed by atoms with Crippen LogP contribution >= 0.6 is 0 Å². The Balaban J connectivity index is 2.48. The Labute approximate surface area is 119 Å². The summed E-state index contributed by atoms with van der Waals surface area (Å²) in [5.41, 5.74) is 3.83. The number of aryl methyl sites for hydroxylation is 4. The van der Waals surface area contributed by atoms with Gasteiger partial charge in [0.2, 0.25) is 0 Å². The third kappa shape index (κ3) is 2.77. The van der Waals surface area contributed by atoms with Crippen LogP contribution in [0.2, 0.25) is 0 Å². The van der Waals surface area contributed by atoms with Gasteiger partial charge in [0.25, 0.3) is 0 Å². The molecule has 2 heterocycles. The minimum atomic E-state index is 0.471. The standard InChI is InChI=1S/C16H17N3O/c1-5-14-15(7-6-10(2)19-14)20-16-8-11(3)18-12(4)13(16)9-17/h6-8H,5H2,1-4H3. The Kier molecular flexibility index (Phi) is 3.99. The fourth-order valence-electron chi connectivity index (χ4n) is 2.07. The predicted octanol–water partition coefficient (Wildman–Crippen LogP) is 3.63. The number of nitrogens with zero attached hydrogens (tertiary/aromatic N) is 3. The number of pyridine rings is 2. The zero-order valence-electron chi connectivity index (χ0n) is 12.2. The van der Waals surface area contributed by atoms with Gasteiger partial charge in [0.05, 0.1) is 11.4 Å². The third-order valence-electron chi connectivity index (χ3n) is 3.03. The molecule has 20 heavy (non-hydrogen) atoms. The lowest BCUT2D eigenvalue weighted by Gasteiger charge is -2.12. The van der Waals surface area contributed by atoms with Crippen LogP contribution in [0.25, 0.3) is 0 Å². The minimum Gasteiger partial charge on any atom is -0.454 e. The Morgan fingerprint density at radius 3 is 2.50 bits per heavy atom. The van der Waals surface area contributed by atoms with Crippen molar-refractivity contribution in [2.24, 2.45) is 0 Å². The SMILES string of the molecule is CCc1nc(C)ccc1Oc1cc(C)nc(C)c1C#N. The number of hydrogen-bond donors (Lipinski definition) is 0. The molecule has 4 nitrogen and oxygen atoms in total. The zero-order valence-corrected chi connectivity index (χ0v) is 12.2. The molecule has 0 aliphatic carbocycles. The molecule has 0 amide bonds. The van der Waals surface area contributed by atoms with Crippen molar-refractivity contribution in [3.8, 4) is 17.6 Å². The molecular weight excluding hydrogens is 250 g/mol. The number of rotatable bonds is 3. The van der Waals surface area contributed by atoms with Crippen LogP contribution < -0.4 is 4.74 Å². The first-order valence-electron chi connectivity index (χ1n) is 6.57. The van der Waals surface area contributed by atoms with Crippen LogP contribution in [0.1, 0.15) is 35.3 Å². The van der Waals surface area contributed by atoms with Gasteiger partial charge in [0.1, 0.15) is 23.1 Å². The van der Waals surface area contributed by atoms with E-state index in [0.29, 0.717) is 22.8 Å². The zero-order chi connectivity index (χ0) is 14.7. The van der Waals surface area contributed by atoms with Crippen molar-refractivity contribution in [3.05, 3.63) is 46.5 Å². The molecule has 0 aliphatic heterocycles. The smallest absolute Gasteiger partial charge is 0.148 e. The molecule has 2 aromatic heterocycles. The van der Waals surface area contributed by atoms with E-state index in [9.17, 15) is 5.26 Å². The van der Waals surface area contributed by atoms with E-state index in [1.807, 2.05) is 39.8 Å². The van der Waals surface area contributed by atoms with Gasteiger partial charge in [-0.1, -0.05) is 6.92 Å². The Bertz CT molecular complexity index is 687. The van der Waals surface area contributed by atoms with Gasteiger partial charge in [-0.05, 0) is 39.3 Å². The maximum Gasteiger partial charge on any atom is 0.148 e. The molecule has 0 radical (unpaired) electrons. The van der Waals surface area contributed by atoms with Crippen molar-refractivity contribution in [1.82, 2.24) is 9.97 Å². The molecule has 0 spiro atoms. The molecule has 0 saturated heterocycles. The van der Waals surface area contributed by atoms with E-state index in [2.05, 4.69) is 16.0 Å². The lowest BCUT2D eigenvalue weighted by Crippen LogP contribution is -2.00. The summed E-state index contributed by atoms with van der Waals surface area (Å²) in [6, 6.07) is 7.74. The highest BCUT2D eigenvalue weighted by atomic mass is 16.5. The van der Waals surface area contributed by atoms with E-state index in [-0.39, 0.29) is 0 Å². The Hall–Kier alpha value is -2.41. The number of ether oxygens (including phenoxy) is 1. The van der Waals surface area contributed by atoms with E-state index >= 15 is 0 Å². The molecule has 0 unspecified atom stereocenters. The first kappa shape index (κ1) is 14.0. The van der Waals surface area contributed by atoms with E-state index in [1.165, 1.54) is 0 Å². The van der Waals surface area contributed by atoms with Crippen molar-refractivity contribution in [3.63, 3.8) is 0 Å². The molecule has 102 valence electrons. The average molecular weight is 267 g/mol. The van der Waals surface area contributed by atoms with Gasteiger partial charge in [0.15, 0.2) is 0 Å². The summed E-state index contributed by atoms with van der Waals surface area (Å²) >= 11 is 0. The maximum atomic E-state index is 9.25. The Morgan fingerprint density at radius 1 is 1.10 bits per heavy atom. The van der Waals surface area contributed by atoms with Crippen molar-refractivity contribution >= 4 is 0 Å². The predicted molar refractivity (Wildman–Crippen MR) is 76.9 cm³/mol. The molecule has 0 aromatic carbocycles. The van der Waals surface area contributed by atoms with Gasteiger partial charge >= 0.3 is 0 Å². The molecule has 4 heteroatoms. The summed E-state index contributed by atoms with van der Waals surface area (Å²) in [5.74, 6) is 1.23. The van der Waals surface area contributed by atoms with E-state index in [1.54, 1.807) is 6.07 Å². The molecule has 0 fully saturated rings. The highest BCUT2D eigenvalue weighted by molar-refractivity contribution is 5.49. The molecule has 0 saturated carbocycles. The van der Waals surface area contributed by atoms with Crippen molar-refractivity contribution < 1.29 is 4.74 Å². The molecular formula is C16H17N3O. The summed E-state index contributed by atoms with van der Waals surface area (Å²) in [7, 11) is 0. The number of aromatic nitrogens is 2. The normalized spacial score (nSPS) is 10.2. The minimum absolute atomic E-state index is 0.471. The molecule has 0 N–H and O–H groups in total. The molecule has 2 aromatic rings. The largest absolute Gasteiger partial charge is 0.454 e. The third-order valence-corrected chi connectivity index (χ3v) is 3.03. The summed E-state index contributed by atoms with van der Waals surface area (Å²) in [5, 5.41) is 9.25. The second kappa shape index (κ2) is 5.70. The summed E-state index contributed by atoms with van der Waals surface area (Å²) in [4.78, 5) is 8.75. The fourth-order valence-corrected chi connectivity index (χ4v) is 2.07. The molecule has 0 bridgehead atoms. The highest BCUT2D eigenvalue weighted by Gasteiger charge is 2.12. The lowest BCUT2D eigenvalue weighted by atomic mass is 10.1. The highest BCUT2D eigenvalue weighted by Crippen LogP contribution is 2.29. The summed E-state index contributed by atoms with van der Waals surface area (Å²) in [6.07, 6.45) is 0.780. The fraction of sp³-hybridized carbons (Fsp3) is 0.312. The average Bonchev–Trinajstić information content (AvgIpc) is 2.40. The monoisotopic (exact) mass is 267 g/mol. The van der Waals surface area contributed by atoms with Gasteiger partial charge < -0.3 is 4.74 Å². The van der Waals surface area contributed by atoms with Crippen molar-refractivity contribution in [2.75, 3.05) is 0 Å². The first-order valence-corrected chi connectivity index (χ1v) is 6.57. The topological polar surface area (TPSA) is 58.8 Å². The summed E-state index contributed by atoms with van der Waals surface area (Å²) in [6.45, 7) is 7.68. The molecule has 0 atom stereocenters. The van der Waals surface area contributed by atoms with Crippen LogP contribution in [-0.2, 0) is 6.42 Å². The van der Waals surface area contributed by atoms with Crippen LogP contribution in [-0.4, -0.2) is 9.97 Å². The maximum absolute atomic E-state index is 9.25. The Morgan fingerprint density at radius 2 is 1.85 bits per heavy atom. The van der Waals surface area contributed by atoms with Crippen molar-refractivity contribution in [1.29, 1.82) is 5.26 Å². The first-order chi connectivity index (χ1) is 9.55. The van der Waals surface area contributed by atoms with Crippen LogP contribution in [0.4, 0.5) is 0 Å². The van der Waals surface area contributed by atoms with Crippen LogP contribution in [0.5, 0.6) is 11.5 Å². The van der Waals surface area contributed by atoms with Crippen LogP contribution in [0.15, 0.2) is 18.2 Å². The van der Waals surface area contributed by atoms with Crippen molar-refractivity contribution in [2.45, 2.75) is 34.1 Å². The van der Waals surface area contributed by atoms with Gasteiger partial charge in [-0.2, -0.15) is 5.26 Å². The van der Waals surface area contributed by atoms with Crippen LogP contribution in [0, 0.1) is 32.1 Å². The van der Waals surface area contributed by atoms with E-state index < -0.39 is 0 Å². The quantitative estimate of drug-likeness (QED) is 0.852. The lowest BCUT2D eigenvalue weighted by molar-refractivity contribution is 0.469. The second-order valence-corrected chi connectivity index (χ2v) is 4.69. The molecule has 0 aliphatic rings. The second-order valence-electron chi connectivity index (χ2n) is 4.69. The van der Waals surface area contributed by atoms with Gasteiger partial charge in [-0.25, -0.2) is 0 Å². The molecule has 2 rings (SSSR count).